The number of aromatic nitrogens is 2. The third-order valence-corrected chi connectivity index (χ3v) is 4.28. The minimum atomic E-state index is -0.350. The minimum absolute atomic E-state index is 0.0337. The van der Waals surface area contributed by atoms with Crippen LogP contribution >= 0.6 is 0 Å². The molecule has 5 heteroatoms. The molecule has 5 nitrogen and oxygen atoms in total. The first-order valence-corrected chi connectivity index (χ1v) is 8.25. The molecule has 0 saturated heterocycles. The van der Waals surface area contributed by atoms with Crippen molar-refractivity contribution in [3.63, 3.8) is 0 Å². The number of carbonyl (C=O) groups is 1. The second-order valence-corrected chi connectivity index (χ2v) is 6.32. The zero-order valence-electron chi connectivity index (χ0n) is 13.9. The van der Waals surface area contributed by atoms with Crippen molar-refractivity contribution in [1.29, 1.82) is 0 Å². The van der Waals surface area contributed by atoms with Crippen LogP contribution in [0.15, 0.2) is 18.6 Å². The summed E-state index contributed by atoms with van der Waals surface area (Å²) in [6, 6.07) is 0. The molecule has 1 aliphatic carbocycles. The molecular weight excluding hydrogens is 278 g/mol. The van der Waals surface area contributed by atoms with Gasteiger partial charge < -0.3 is 9.64 Å². The van der Waals surface area contributed by atoms with Gasteiger partial charge in [0.2, 0.25) is 0 Å². The highest BCUT2D eigenvalue weighted by Gasteiger charge is 2.27. The van der Waals surface area contributed by atoms with Crippen LogP contribution in [0.25, 0.3) is 0 Å². The molecule has 1 heterocycles. The highest BCUT2D eigenvalue weighted by molar-refractivity contribution is 5.80. The van der Waals surface area contributed by atoms with Crippen LogP contribution in [0.2, 0.25) is 0 Å². The van der Waals surface area contributed by atoms with Gasteiger partial charge >= 0.3 is 0 Å². The molecule has 0 N–H and O–H groups in total. The van der Waals surface area contributed by atoms with Crippen LogP contribution in [0.5, 0.6) is 0 Å². The fourth-order valence-corrected chi connectivity index (χ4v) is 3.04. The van der Waals surface area contributed by atoms with Gasteiger partial charge in [-0.1, -0.05) is 26.7 Å². The summed E-state index contributed by atoms with van der Waals surface area (Å²) in [6.45, 7) is 4.73. The lowest BCUT2D eigenvalue weighted by Gasteiger charge is -2.31. The molecule has 0 radical (unpaired) electrons. The summed E-state index contributed by atoms with van der Waals surface area (Å²) in [7, 11) is 1.80. The van der Waals surface area contributed by atoms with Crippen LogP contribution in [-0.2, 0) is 16.1 Å². The molecule has 1 saturated carbocycles. The van der Waals surface area contributed by atoms with Gasteiger partial charge in [0.25, 0.3) is 5.91 Å². The molecule has 0 aromatic carbocycles. The monoisotopic (exact) mass is 305 g/mol. The lowest BCUT2D eigenvalue weighted by molar-refractivity contribution is -0.149. The average Bonchev–Trinajstić information content (AvgIpc) is 2.53. The fraction of sp³-hybridized carbons (Fsp3) is 0.706. The van der Waals surface area contributed by atoms with E-state index < -0.39 is 0 Å². The number of ether oxygens (including phenoxy) is 1. The van der Waals surface area contributed by atoms with E-state index in [4.69, 9.17) is 4.74 Å². The van der Waals surface area contributed by atoms with Crippen LogP contribution in [0.3, 0.4) is 0 Å². The highest BCUT2D eigenvalue weighted by atomic mass is 16.5. The van der Waals surface area contributed by atoms with Crippen LogP contribution < -0.4 is 0 Å². The zero-order valence-corrected chi connectivity index (χ0v) is 13.9. The Hall–Kier alpha value is -1.49. The number of likely N-dealkylation sites (N-methyl/N-ethyl adjacent to an activating group) is 1. The molecule has 0 spiro atoms. The molecule has 1 fully saturated rings. The lowest BCUT2D eigenvalue weighted by Crippen LogP contribution is -2.40. The number of amides is 1. The molecule has 1 aromatic heterocycles. The molecule has 1 aromatic rings. The van der Waals surface area contributed by atoms with E-state index in [0.29, 0.717) is 18.9 Å². The van der Waals surface area contributed by atoms with E-state index in [1.807, 2.05) is 6.92 Å². The normalized spacial score (nSPS) is 23.0. The second-order valence-electron chi connectivity index (χ2n) is 6.32. The molecule has 2 rings (SSSR count). The van der Waals surface area contributed by atoms with Gasteiger partial charge in [-0.15, -0.1) is 0 Å². The summed E-state index contributed by atoms with van der Waals surface area (Å²) in [5, 5.41) is 0. The van der Waals surface area contributed by atoms with Crippen molar-refractivity contribution in [2.45, 2.75) is 64.7 Å². The summed E-state index contributed by atoms with van der Waals surface area (Å²) >= 11 is 0. The Labute approximate surface area is 133 Å². The SMILES string of the molecule is CC[C@H](O[C@H]1CCC[C@@H](C)C1)C(=O)N(C)Cc1cnccn1. The van der Waals surface area contributed by atoms with Gasteiger partial charge in [-0.2, -0.15) is 0 Å². The van der Waals surface area contributed by atoms with Gasteiger partial charge in [0.15, 0.2) is 0 Å². The quantitative estimate of drug-likeness (QED) is 0.811. The van der Waals surface area contributed by atoms with Crippen LogP contribution in [0.4, 0.5) is 0 Å². The van der Waals surface area contributed by atoms with E-state index in [2.05, 4.69) is 16.9 Å². The molecule has 122 valence electrons. The van der Waals surface area contributed by atoms with Gasteiger partial charge in [0.05, 0.1) is 24.5 Å². The summed E-state index contributed by atoms with van der Waals surface area (Å²) < 4.78 is 6.10. The molecule has 1 aliphatic rings. The number of nitrogens with zero attached hydrogens (tertiary/aromatic N) is 3. The zero-order chi connectivity index (χ0) is 15.9. The van der Waals surface area contributed by atoms with E-state index in [0.717, 1.165) is 18.5 Å². The van der Waals surface area contributed by atoms with Crippen LogP contribution in [-0.4, -0.2) is 40.0 Å². The average molecular weight is 305 g/mol. The minimum Gasteiger partial charge on any atom is -0.365 e. The van der Waals surface area contributed by atoms with Gasteiger partial charge in [-0.05, 0) is 25.2 Å². The smallest absolute Gasteiger partial charge is 0.251 e. The first kappa shape index (κ1) is 16.9. The summed E-state index contributed by atoms with van der Waals surface area (Å²) in [5.41, 5.74) is 0.791. The van der Waals surface area contributed by atoms with Gasteiger partial charge in [0, 0.05) is 19.4 Å². The Bertz CT molecular complexity index is 466. The largest absolute Gasteiger partial charge is 0.365 e. The van der Waals surface area contributed by atoms with E-state index in [-0.39, 0.29) is 18.1 Å². The topological polar surface area (TPSA) is 55.3 Å². The summed E-state index contributed by atoms with van der Waals surface area (Å²) in [5.74, 6) is 0.732. The first-order chi connectivity index (χ1) is 10.6. The van der Waals surface area contributed by atoms with Gasteiger partial charge in [-0.25, -0.2) is 0 Å². The number of rotatable bonds is 6. The van der Waals surface area contributed by atoms with E-state index >= 15 is 0 Å². The van der Waals surface area contributed by atoms with Crippen molar-refractivity contribution in [1.82, 2.24) is 14.9 Å². The Morgan fingerprint density at radius 3 is 2.91 bits per heavy atom. The molecular formula is C17H27N3O2. The van der Waals surface area contributed by atoms with Crippen molar-refractivity contribution >= 4 is 5.91 Å². The van der Waals surface area contributed by atoms with Gasteiger partial charge in [-0.3, -0.25) is 14.8 Å². The molecule has 0 bridgehead atoms. The third-order valence-electron chi connectivity index (χ3n) is 4.28. The standard InChI is InChI=1S/C17H27N3O2/c1-4-16(22-15-7-5-6-13(2)10-15)17(21)20(3)12-14-11-18-8-9-19-14/h8-9,11,13,15-16H,4-7,10,12H2,1-3H3/t13-,15+,16+/m1/s1. The van der Waals surface area contributed by atoms with Crippen LogP contribution in [0, 0.1) is 5.92 Å². The fourth-order valence-electron chi connectivity index (χ4n) is 3.04. The molecule has 22 heavy (non-hydrogen) atoms. The maximum atomic E-state index is 12.6. The molecule has 0 aliphatic heterocycles. The van der Waals surface area contributed by atoms with Crippen molar-refractivity contribution < 1.29 is 9.53 Å². The lowest BCUT2D eigenvalue weighted by atomic mass is 9.88. The number of hydrogen-bond acceptors (Lipinski definition) is 4. The van der Waals surface area contributed by atoms with E-state index in [9.17, 15) is 4.79 Å². The van der Waals surface area contributed by atoms with E-state index in [1.54, 1.807) is 30.5 Å². The van der Waals surface area contributed by atoms with Crippen LogP contribution in [0.1, 0.15) is 51.6 Å². The molecule has 1 amide bonds. The molecule has 3 atom stereocenters. The Kier molecular flexibility index (Phi) is 6.31. The number of carbonyl (C=O) groups excluding carboxylic acids is 1. The van der Waals surface area contributed by atoms with E-state index in [1.165, 1.54) is 12.8 Å². The van der Waals surface area contributed by atoms with Crippen molar-refractivity contribution in [2.24, 2.45) is 5.92 Å². The molecule has 0 unspecified atom stereocenters. The third kappa shape index (κ3) is 4.77. The predicted octanol–water partition coefficient (Wildman–Crippen LogP) is 2.81. The second kappa shape index (κ2) is 8.22. The maximum Gasteiger partial charge on any atom is 0.251 e. The highest BCUT2D eigenvalue weighted by Crippen LogP contribution is 2.27. The first-order valence-electron chi connectivity index (χ1n) is 8.25. The van der Waals surface area contributed by atoms with Crippen molar-refractivity contribution in [2.75, 3.05) is 7.05 Å². The van der Waals surface area contributed by atoms with Crippen molar-refractivity contribution in [3.8, 4) is 0 Å². The Morgan fingerprint density at radius 1 is 1.45 bits per heavy atom. The summed E-state index contributed by atoms with van der Waals surface area (Å²) in [6.07, 6.45) is 10.2. The van der Waals surface area contributed by atoms with Gasteiger partial charge in [0.1, 0.15) is 6.10 Å². The summed E-state index contributed by atoms with van der Waals surface area (Å²) in [4.78, 5) is 22.5. The number of hydrogen-bond donors (Lipinski definition) is 0. The Morgan fingerprint density at radius 2 is 2.27 bits per heavy atom. The predicted molar refractivity (Wildman–Crippen MR) is 85.1 cm³/mol. The Balaban J connectivity index is 1.90. The maximum absolute atomic E-state index is 12.6. The van der Waals surface area contributed by atoms with Crippen molar-refractivity contribution in [3.05, 3.63) is 24.3 Å².